The van der Waals surface area contributed by atoms with Crippen molar-refractivity contribution in [1.82, 2.24) is 4.48 Å². The number of nitrogens with zero attached hydrogens (tertiary/aromatic N) is 2. The smallest absolute Gasteiger partial charge is 0.413 e. The normalized spacial score (nSPS) is 24.7. The van der Waals surface area contributed by atoms with E-state index in [-0.39, 0.29) is 0 Å². The number of allylic oxidation sites excluding steroid dienone is 3. The summed E-state index contributed by atoms with van der Waals surface area (Å²) in [5, 5.41) is 0. The predicted octanol–water partition coefficient (Wildman–Crippen LogP) is 3.90. The summed E-state index contributed by atoms with van der Waals surface area (Å²) in [7, 11) is 0. The van der Waals surface area contributed by atoms with Crippen molar-refractivity contribution in [2.45, 2.75) is 40.9 Å². The highest BCUT2D eigenvalue weighted by Gasteiger charge is 2.49. The first-order valence-electron chi connectivity index (χ1n) is 7.63. The van der Waals surface area contributed by atoms with Crippen LogP contribution >= 0.6 is 0 Å². The van der Waals surface area contributed by atoms with Crippen LogP contribution < -0.4 is 0 Å². The molecule has 104 valence electrons. The zero-order valence-corrected chi connectivity index (χ0v) is 13.3. The Bertz CT molecular complexity index is 669. The van der Waals surface area contributed by atoms with Crippen molar-refractivity contribution < 1.29 is 4.49 Å². The molecule has 0 aliphatic carbocycles. The fraction of sp³-hybridized carbons (Fsp3) is 0.412. The minimum atomic E-state index is -1.03. The second kappa shape index (κ2) is 4.18. The lowest BCUT2D eigenvalue weighted by atomic mass is 9.48. The van der Waals surface area contributed by atoms with E-state index in [9.17, 15) is 0 Å². The molecule has 2 aliphatic heterocycles. The molecule has 1 atom stereocenters. The Hall–Kier alpha value is -1.64. The molecule has 0 fully saturated rings. The van der Waals surface area contributed by atoms with Gasteiger partial charge in [-0.05, 0) is 50.7 Å². The molecule has 0 amide bonds. The van der Waals surface area contributed by atoms with Gasteiger partial charge in [0, 0.05) is 30.3 Å². The highest BCUT2D eigenvalue weighted by molar-refractivity contribution is 6.72. The maximum Gasteiger partial charge on any atom is 0.557 e. The summed E-state index contributed by atoms with van der Waals surface area (Å²) in [4.78, 5) is 0. The predicted molar refractivity (Wildman–Crippen MR) is 88.0 cm³/mol. The summed E-state index contributed by atoms with van der Waals surface area (Å²) in [6, 6.07) is 4.49. The zero-order valence-electron chi connectivity index (χ0n) is 13.3. The third kappa shape index (κ3) is 1.65. The highest BCUT2D eigenvalue weighted by Crippen LogP contribution is 2.38. The maximum atomic E-state index is 4.57. The van der Waals surface area contributed by atoms with E-state index in [4.69, 9.17) is 0 Å². The first-order valence-corrected chi connectivity index (χ1v) is 7.63. The largest absolute Gasteiger partial charge is 0.557 e. The molecular weight excluding hydrogens is 243 g/mol. The molecule has 1 aromatic heterocycles. The average Bonchev–Trinajstić information content (AvgIpc) is 2.89. The van der Waals surface area contributed by atoms with E-state index in [1.165, 1.54) is 28.4 Å². The Morgan fingerprint density at radius 1 is 1.25 bits per heavy atom. The Balaban J connectivity index is 2.33. The van der Waals surface area contributed by atoms with Crippen molar-refractivity contribution in [3.63, 3.8) is 0 Å². The molecule has 2 nitrogen and oxygen atoms in total. The van der Waals surface area contributed by atoms with Crippen LogP contribution in [0, 0.1) is 19.7 Å². The van der Waals surface area contributed by atoms with Crippen LogP contribution in [0.4, 0.5) is 0 Å². The number of aromatic nitrogens is 1. The maximum absolute atomic E-state index is 4.57. The lowest BCUT2D eigenvalue weighted by Gasteiger charge is -2.34. The van der Waals surface area contributed by atoms with E-state index < -0.39 is 6.42 Å². The molecule has 0 spiro atoms. The molecule has 0 aromatic carbocycles. The van der Waals surface area contributed by atoms with E-state index in [1.807, 2.05) is 0 Å². The van der Waals surface area contributed by atoms with Crippen molar-refractivity contribution >= 4 is 17.7 Å². The summed E-state index contributed by atoms with van der Waals surface area (Å²) in [6.45, 7) is 15.8. The van der Waals surface area contributed by atoms with Gasteiger partial charge in [-0.1, -0.05) is 13.8 Å². The zero-order chi connectivity index (χ0) is 14.7. The number of hydrogen-bond donors (Lipinski definition) is 0. The van der Waals surface area contributed by atoms with Crippen LogP contribution in [-0.2, 0) is 0 Å². The Kier molecular flexibility index (Phi) is 2.79. The Morgan fingerprint density at radius 2 is 1.95 bits per heavy atom. The Labute approximate surface area is 122 Å². The van der Waals surface area contributed by atoms with E-state index in [1.54, 1.807) is 0 Å². The molecule has 0 saturated carbocycles. The minimum Gasteiger partial charge on any atom is -0.413 e. The molecule has 3 rings (SSSR count). The van der Waals surface area contributed by atoms with Crippen molar-refractivity contribution in [2.75, 3.05) is 0 Å². The lowest BCUT2D eigenvalue weighted by Crippen LogP contribution is -2.53. The van der Waals surface area contributed by atoms with E-state index >= 15 is 0 Å². The molecule has 1 unspecified atom stereocenters. The van der Waals surface area contributed by atoms with Crippen molar-refractivity contribution in [3.05, 3.63) is 48.2 Å². The average molecular weight is 267 g/mol. The van der Waals surface area contributed by atoms with Crippen LogP contribution in [0.2, 0.25) is 6.82 Å². The van der Waals surface area contributed by atoms with Crippen LogP contribution in [-0.4, -0.2) is 21.1 Å². The molecule has 0 saturated heterocycles. The fourth-order valence-electron chi connectivity index (χ4n) is 3.93. The first kappa shape index (κ1) is 13.4. The van der Waals surface area contributed by atoms with Gasteiger partial charge in [0.05, 0.1) is 0 Å². The molecule has 20 heavy (non-hydrogen) atoms. The van der Waals surface area contributed by atoms with Gasteiger partial charge in [-0.3, -0.25) is 0 Å². The summed E-state index contributed by atoms with van der Waals surface area (Å²) >= 11 is 0. The van der Waals surface area contributed by atoms with Gasteiger partial charge in [0.25, 0.3) is 0 Å². The van der Waals surface area contributed by atoms with Crippen molar-refractivity contribution in [3.8, 4) is 0 Å². The van der Waals surface area contributed by atoms with E-state index in [2.05, 4.69) is 74.6 Å². The second-order valence-corrected chi connectivity index (χ2v) is 6.94. The number of rotatable bonds is 2. The Morgan fingerprint density at radius 3 is 2.60 bits per heavy atom. The van der Waals surface area contributed by atoms with Gasteiger partial charge in [-0.25, -0.2) is 0 Å². The quantitative estimate of drug-likeness (QED) is 0.567. The minimum absolute atomic E-state index is 0.652. The third-order valence-corrected chi connectivity index (χ3v) is 4.59. The van der Waals surface area contributed by atoms with Crippen LogP contribution in [0.3, 0.4) is 0 Å². The van der Waals surface area contributed by atoms with Crippen LogP contribution in [0.5, 0.6) is 0 Å². The van der Waals surface area contributed by atoms with Crippen molar-refractivity contribution in [2.24, 2.45) is 5.92 Å². The molecule has 0 radical (unpaired) electrons. The summed E-state index contributed by atoms with van der Waals surface area (Å²) in [5.41, 5.74) is 6.79. The summed E-state index contributed by atoms with van der Waals surface area (Å²) in [6.07, 6.45) is 4.57. The van der Waals surface area contributed by atoms with Gasteiger partial charge in [0.15, 0.2) is 5.70 Å². The molecule has 3 heterocycles. The van der Waals surface area contributed by atoms with Gasteiger partial charge in [-0.15, -0.1) is 0 Å². The fourth-order valence-corrected chi connectivity index (χ4v) is 3.93. The molecule has 0 N–H and O–H groups in total. The monoisotopic (exact) mass is 267 g/mol. The molecular formula is C17H24BN2+. The SMILES string of the molecule is [CH2+][B-]1(C)n2c(C)ccc2C(CC(C)C)=C2C=CC(C)=[N+]21. The second-order valence-electron chi connectivity index (χ2n) is 6.94. The molecule has 0 bridgehead atoms. The standard InChI is InChI=1S/C17H24BN2/c1-12(2)11-15-16-9-7-13(3)19(16)18(5,6)20-14(4)8-10-17(15)20/h7-10,12H,5,11H2,1-4,6H3/q+1. The molecule has 2 aliphatic rings. The highest BCUT2D eigenvalue weighted by atomic mass is 15.2. The number of aryl methyl sites for hydroxylation is 1. The molecule has 3 heteroatoms. The third-order valence-electron chi connectivity index (χ3n) is 4.59. The van der Waals surface area contributed by atoms with Gasteiger partial charge in [0.2, 0.25) is 0 Å². The van der Waals surface area contributed by atoms with Crippen molar-refractivity contribution in [1.29, 1.82) is 0 Å². The van der Waals surface area contributed by atoms with Crippen LogP contribution in [0.15, 0.2) is 30.0 Å². The van der Waals surface area contributed by atoms with Gasteiger partial charge in [0.1, 0.15) is 5.71 Å². The summed E-state index contributed by atoms with van der Waals surface area (Å²) in [5.74, 6) is 0.652. The number of hydrogen-bond acceptors (Lipinski definition) is 0. The van der Waals surface area contributed by atoms with Crippen LogP contribution in [0.25, 0.3) is 5.57 Å². The van der Waals surface area contributed by atoms with Gasteiger partial charge in [-0.2, -0.15) is 0 Å². The van der Waals surface area contributed by atoms with Gasteiger partial charge < -0.3 is 8.96 Å². The topological polar surface area (TPSA) is 7.94 Å². The summed E-state index contributed by atoms with van der Waals surface area (Å²) < 4.78 is 4.88. The molecule has 1 aromatic rings. The number of fused-ring (bicyclic) bond motifs is 2. The van der Waals surface area contributed by atoms with E-state index in [0.29, 0.717) is 5.92 Å². The lowest BCUT2D eigenvalue weighted by molar-refractivity contribution is -0.332. The van der Waals surface area contributed by atoms with Gasteiger partial charge >= 0.3 is 6.42 Å². The van der Waals surface area contributed by atoms with Crippen LogP contribution in [0.1, 0.15) is 38.6 Å². The first-order chi connectivity index (χ1) is 9.34. The van der Waals surface area contributed by atoms with E-state index in [0.717, 1.165) is 6.42 Å².